The fourth-order valence-electron chi connectivity index (χ4n) is 2.86. The van der Waals surface area contributed by atoms with Crippen molar-refractivity contribution in [2.75, 3.05) is 25.9 Å². The molecule has 2 heterocycles. The molecule has 0 bridgehead atoms. The average molecular weight is 286 g/mol. The highest BCUT2D eigenvalue weighted by Gasteiger charge is 2.45. The minimum atomic E-state index is -0.879. The van der Waals surface area contributed by atoms with Crippen LogP contribution in [0.5, 0.6) is 0 Å². The summed E-state index contributed by atoms with van der Waals surface area (Å²) in [5.41, 5.74) is 0. The van der Waals surface area contributed by atoms with Gasteiger partial charge >= 0.3 is 5.97 Å². The minimum Gasteiger partial charge on any atom is -0.480 e. The lowest BCUT2D eigenvalue weighted by atomic mass is 10.0. The average Bonchev–Trinajstić information content (AvgIpc) is 2.93. The van der Waals surface area contributed by atoms with Crippen molar-refractivity contribution in [3.63, 3.8) is 0 Å². The zero-order valence-corrected chi connectivity index (χ0v) is 12.5. The first-order chi connectivity index (χ1) is 8.91. The molecule has 2 aliphatic heterocycles. The summed E-state index contributed by atoms with van der Waals surface area (Å²) in [4.78, 5) is 27.8. The van der Waals surface area contributed by atoms with Gasteiger partial charge in [0.05, 0.1) is 11.3 Å². The number of rotatable bonds is 3. The van der Waals surface area contributed by atoms with E-state index in [0.29, 0.717) is 5.75 Å². The summed E-state index contributed by atoms with van der Waals surface area (Å²) in [6.07, 6.45) is 0.841. The first kappa shape index (κ1) is 14.7. The van der Waals surface area contributed by atoms with Crippen molar-refractivity contribution in [2.24, 2.45) is 11.8 Å². The maximum Gasteiger partial charge on any atom is 0.327 e. The molecule has 0 aromatic heterocycles. The van der Waals surface area contributed by atoms with Gasteiger partial charge < -0.3 is 14.9 Å². The van der Waals surface area contributed by atoms with Crippen LogP contribution in [0, 0.1) is 11.8 Å². The summed E-state index contributed by atoms with van der Waals surface area (Å²) in [6, 6.07) is -0.657. The Morgan fingerprint density at radius 2 is 2.05 bits per heavy atom. The lowest BCUT2D eigenvalue weighted by molar-refractivity contribution is -0.151. The fraction of sp³-hybridized carbons (Fsp3) is 0.846. The minimum absolute atomic E-state index is 0.000457. The van der Waals surface area contributed by atoms with Crippen LogP contribution in [0.2, 0.25) is 0 Å². The molecule has 3 atom stereocenters. The van der Waals surface area contributed by atoms with Crippen LogP contribution in [-0.2, 0) is 9.59 Å². The maximum atomic E-state index is 12.6. The summed E-state index contributed by atoms with van der Waals surface area (Å²) >= 11 is 1.59. The number of carbonyl (C=O) groups excluding carboxylic acids is 1. The molecule has 0 aromatic rings. The van der Waals surface area contributed by atoms with E-state index in [1.807, 2.05) is 20.9 Å². The number of thioether (sulfide) groups is 1. The quantitative estimate of drug-likeness (QED) is 0.837. The molecule has 0 radical (unpaired) electrons. The number of hydrogen-bond donors (Lipinski definition) is 1. The molecule has 108 valence electrons. The van der Waals surface area contributed by atoms with Crippen LogP contribution < -0.4 is 0 Å². The Bertz CT molecular complexity index is 375. The smallest absolute Gasteiger partial charge is 0.327 e. The van der Waals surface area contributed by atoms with Crippen LogP contribution in [0.4, 0.5) is 0 Å². The van der Waals surface area contributed by atoms with Crippen LogP contribution in [0.3, 0.4) is 0 Å². The fourth-order valence-corrected chi connectivity index (χ4v) is 4.34. The molecule has 1 N–H and O–H groups in total. The highest BCUT2D eigenvalue weighted by atomic mass is 32.2. The third-order valence-electron chi connectivity index (χ3n) is 3.89. The van der Waals surface area contributed by atoms with Gasteiger partial charge in [0.25, 0.3) is 0 Å². The predicted octanol–water partition coefficient (Wildman–Crippen LogP) is 0.949. The third kappa shape index (κ3) is 2.89. The van der Waals surface area contributed by atoms with Crippen LogP contribution in [0.1, 0.15) is 20.3 Å². The van der Waals surface area contributed by atoms with E-state index >= 15 is 0 Å². The van der Waals surface area contributed by atoms with E-state index in [0.717, 1.165) is 19.5 Å². The van der Waals surface area contributed by atoms with Gasteiger partial charge in [-0.3, -0.25) is 4.79 Å². The maximum absolute atomic E-state index is 12.6. The van der Waals surface area contributed by atoms with Gasteiger partial charge in [0.1, 0.15) is 6.04 Å². The lowest BCUT2D eigenvalue weighted by Crippen LogP contribution is -2.49. The second-order valence-electron chi connectivity index (χ2n) is 5.82. The second-order valence-corrected chi connectivity index (χ2v) is 6.96. The van der Waals surface area contributed by atoms with E-state index in [4.69, 9.17) is 0 Å². The van der Waals surface area contributed by atoms with Gasteiger partial charge in [-0.15, -0.1) is 11.8 Å². The van der Waals surface area contributed by atoms with Crippen LogP contribution >= 0.6 is 11.8 Å². The van der Waals surface area contributed by atoms with Crippen molar-refractivity contribution < 1.29 is 14.7 Å². The first-order valence-corrected chi connectivity index (χ1v) is 7.81. The number of aliphatic carboxylic acids is 1. The highest BCUT2D eigenvalue weighted by molar-refractivity contribution is 8.00. The summed E-state index contributed by atoms with van der Waals surface area (Å²) in [7, 11) is 2.00. The molecule has 2 saturated heterocycles. The molecule has 2 rings (SSSR count). The third-order valence-corrected chi connectivity index (χ3v) is 5.51. The van der Waals surface area contributed by atoms with Gasteiger partial charge in [0.15, 0.2) is 0 Å². The summed E-state index contributed by atoms with van der Waals surface area (Å²) < 4.78 is 0. The Morgan fingerprint density at radius 3 is 2.53 bits per heavy atom. The monoisotopic (exact) mass is 286 g/mol. The van der Waals surface area contributed by atoms with Gasteiger partial charge in [0.2, 0.25) is 5.91 Å². The normalized spacial score (nSPS) is 32.2. The van der Waals surface area contributed by atoms with E-state index < -0.39 is 12.0 Å². The van der Waals surface area contributed by atoms with Gasteiger partial charge in [-0.05, 0) is 25.9 Å². The SMILES string of the molecule is CC(C)C1SCC(C(=O)O)N1C(=O)C1CCN(C)C1. The molecular formula is C13H22N2O3S. The number of hydrogen-bond acceptors (Lipinski definition) is 4. The molecule has 19 heavy (non-hydrogen) atoms. The number of carboxylic acids is 1. The zero-order chi connectivity index (χ0) is 14.2. The molecule has 2 aliphatic rings. The summed E-state index contributed by atoms with van der Waals surface area (Å²) in [6.45, 7) is 5.75. The number of likely N-dealkylation sites (tertiary alicyclic amines) is 1. The van der Waals surface area contributed by atoms with E-state index in [9.17, 15) is 14.7 Å². The molecule has 5 nitrogen and oxygen atoms in total. The topological polar surface area (TPSA) is 60.9 Å². The van der Waals surface area contributed by atoms with Gasteiger partial charge in [0, 0.05) is 12.3 Å². The second kappa shape index (κ2) is 5.71. The molecule has 3 unspecified atom stereocenters. The van der Waals surface area contributed by atoms with Crippen LogP contribution in [-0.4, -0.2) is 64.1 Å². The largest absolute Gasteiger partial charge is 0.480 e. The Hall–Kier alpha value is -0.750. The van der Waals surface area contributed by atoms with Crippen molar-refractivity contribution in [1.82, 2.24) is 9.80 Å². The summed E-state index contributed by atoms with van der Waals surface area (Å²) in [5.74, 6) is -0.105. The van der Waals surface area contributed by atoms with Crippen molar-refractivity contribution >= 4 is 23.6 Å². The van der Waals surface area contributed by atoms with Gasteiger partial charge in [-0.25, -0.2) is 4.79 Å². The van der Waals surface area contributed by atoms with Crippen molar-refractivity contribution in [2.45, 2.75) is 31.7 Å². The molecule has 6 heteroatoms. The van der Waals surface area contributed by atoms with E-state index in [1.165, 1.54) is 0 Å². The van der Waals surface area contributed by atoms with Gasteiger partial charge in [-0.2, -0.15) is 0 Å². The number of carboxylic acid groups (broad SMARTS) is 1. The first-order valence-electron chi connectivity index (χ1n) is 6.77. The van der Waals surface area contributed by atoms with Crippen molar-refractivity contribution in [3.8, 4) is 0 Å². The summed E-state index contributed by atoms with van der Waals surface area (Å²) in [5, 5.41) is 9.31. The Kier molecular flexibility index (Phi) is 4.40. The Morgan fingerprint density at radius 1 is 1.37 bits per heavy atom. The van der Waals surface area contributed by atoms with E-state index in [2.05, 4.69) is 4.90 Å². The highest BCUT2D eigenvalue weighted by Crippen LogP contribution is 2.36. The lowest BCUT2D eigenvalue weighted by Gasteiger charge is -2.31. The molecular weight excluding hydrogens is 264 g/mol. The molecule has 2 fully saturated rings. The standard InChI is InChI=1S/C13H22N2O3S/c1-8(2)12-15(10(7-19-12)13(17)18)11(16)9-4-5-14(3)6-9/h8-10,12H,4-7H2,1-3H3,(H,17,18). The van der Waals surface area contributed by atoms with Gasteiger partial charge in [-0.1, -0.05) is 13.8 Å². The molecule has 0 saturated carbocycles. The number of carbonyl (C=O) groups is 2. The molecule has 0 aliphatic carbocycles. The Labute approximate surface area is 118 Å². The number of nitrogens with zero attached hydrogens (tertiary/aromatic N) is 2. The van der Waals surface area contributed by atoms with E-state index in [1.54, 1.807) is 16.7 Å². The van der Waals surface area contributed by atoms with Crippen molar-refractivity contribution in [3.05, 3.63) is 0 Å². The van der Waals surface area contributed by atoms with E-state index in [-0.39, 0.29) is 23.1 Å². The molecule has 1 amide bonds. The van der Waals surface area contributed by atoms with Crippen molar-refractivity contribution in [1.29, 1.82) is 0 Å². The van der Waals surface area contributed by atoms with Crippen LogP contribution in [0.15, 0.2) is 0 Å². The predicted molar refractivity (Wildman–Crippen MR) is 75.0 cm³/mol. The molecule has 0 spiro atoms. The zero-order valence-electron chi connectivity index (χ0n) is 11.7. The molecule has 0 aromatic carbocycles. The Balaban J connectivity index is 2.16. The number of amides is 1. The van der Waals surface area contributed by atoms with Crippen LogP contribution in [0.25, 0.3) is 0 Å².